The lowest BCUT2D eigenvalue weighted by molar-refractivity contribution is -0.384. The quantitative estimate of drug-likeness (QED) is 0.133. The molecule has 1 saturated heterocycles. The number of ketones is 1. The van der Waals surface area contributed by atoms with Gasteiger partial charge in [-0.1, -0.05) is 78.9 Å². The van der Waals surface area contributed by atoms with Crippen molar-refractivity contribution in [3.63, 3.8) is 0 Å². The Morgan fingerprint density at radius 1 is 1.00 bits per heavy atom. The van der Waals surface area contributed by atoms with Gasteiger partial charge in [-0.05, 0) is 42.2 Å². The molecule has 0 spiro atoms. The van der Waals surface area contributed by atoms with Gasteiger partial charge in [-0.3, -0.25) is 24.6 Å². The van der Waals surface area contributed by atoms with Gasteiger partial charge in [-0.15, -0.1) is 0 Å². The van der Waals surface area contributed by atoms with Crippen LogP contribution in [-0.2, 0) is 14.3 Å². The fourth-order valence-electron chi connectivity index (χ4n) is 4.54. The second kappa shape index (κ2) is 12.0. The molecule has 0 bridgehead atoms. The van der Waals surface area contributed by atoms with E-state index in [4.69, 9.17) is 4.74 Å². The van der Waals surface area contributed by atoms with Gasteiger partial charge in [0.2, 0.25) is 0 Å². The number of nitro benzene ring substituents is 1. The summed E-state index contributed by atoms with van der Waals surface area (Å²) < 4.78 is 5.69. The van der Waals surface area contributed by atoms with Gasteiger partial charge in [0.25, 0.3) is 5.69 Å². The molecule has 7 nitrogen and oxygen atoms in total. The Morgan fingerprint density at radius 2 is 1.67 bits per heavy atom. The van der Waals surface area contributed by atoms with Crippen molar-refractivity contribution in [2.24, 2.45) is 0 Å². The number of hydrogen-bond acceptors (Lipinski definition) is 6. The third-order valence-electron chi connectivity index (χ3n) is 6.16. The van der Waals surface area contributed by atoms with Gasteiger partial charge in [0.1, 0.15) is 12.5 Å². The largest absolute Gasteiger partial charge is 0.461 e. The highest BCUT2D eigenvalue weighted by atomic mass is 16.6. The van der Waals surface area contributed by atoms with Crippen LogP contribution in [0.4, 0.5) is 5.69 Å². The van der Waals surface area contributed by atoms with E-state index < -0.39 is 16.7 Å². The van der Waals surface area contributed by atoms with Gasteiger partial charge in [0.15, 0.2) is 5.78 Å². The highest BCUT2D eigenvalue weighted by molar-refractivity contribution is 6.04. The molecule has 0 radical (unpaired) electrons. The van der Waals surface area contributed by atoms with Crippen molar-refractivity contribution in [1.29, 1.82) is 0 Å². The van der Waals surface area contributed by atoms with Crippen LogP contribution in [0.3, 0.4) is 0 Å². The number of nitro groups is 1. The molecule has 0 N–H and O–H groups in total. The molecule has 36 heavy (non-hydrogen) atoms. The average molecular weight is 485 g/mol. The highest BCUT2D eigenvalue weighted by Gasteiger charge is 2.30. The summed E-state index contributed by atoms with van der Waals surface area (Å²) in [4.78, 5) is 37.5. The van der Waals surface area contributed by atoms with Crippen LogP contribution < -0.4 is 0 Å². The van der Waals surface area contributed by atoms with Crippen LogP contribution in [0, 0.1) is 10.1 Å². The number of allylic oxidation sites excluding steroid dienone is 1. The number of non-ortho nitro benzene ring substituents is 1. The lowest BCUT2D eigenvalue weighted by Gasteiger charge is -2.38. The first-order valence-corrected chi connectivity index (χ1v) is 12.0. The van der Waals surface area contributed by atoms with Crippen molar-refractivity contribution in [3.05, 3.63) is 118 Å². The molecule has 0 aliphatic carbocycles. The molecule has 1 aliphatic rings. The maximum atomic E-state index is 12.5. The Morgan fingerprint density at radius 3 is 2.31 bits per heavy atom. The molecule has 0 saturated carbocycles. The van der Waals surface area contributed by atoms with E-state index in [2.05, 4.69) is 29.2 Å². The Kier molecular flexibility index (Phi) is 8.36. The van der Waals surface area contributed by atoms with Crippen molar-refractivity contribution in [1.82, 2.24) is 4.90 Å². The maximum absolute atomic E-state index is 12.5. The third kappa shape index (κ3) is 6.73. The molecule has 3 aromatic rings. The predicted molar refractivity (Wildman–Crippen MR) is 137 cm³/mol. The topological polar surface area (TPSA) is 89.8 Å². The van der Waals surface area contributed by atoms with Gasteiger partial charge in [-0.2, -0.15) is 0 Å². The fraction of sp³-hybridized carbons (Fsp3) is 0.241. The Balaban J connectivity index is 1.37. The zero-order valence-electron chi connectivity index (χ0n) is 19.9. The number of nitrogens with zero attached hydrogens (tertiary/aromatic N) is 2. The lowest BCUT2D eigenvalue weighted by atomic mass is 9.94. The van der Waals surface area contributed by atoms with E-state index in [1.165, 1.54) is 35.4 Å². The van der Waals surface area contributed by atoms with E-state index in [0.29, 0.717) is 12.1 Å². The van der Waals surface area contributed by atoms with Gasteiger partial charge in [0.05, 0.1) is 11.0 Å². The standard InChI is InChI=1S/C29H28N2O5/c32-26(17-16-22-9-7-14-25(19-22)31(34)35)20-28(33)36-27-15-8-18-30(21-27)29(23-10-3-1-4-11-23)24-12-5-2-6-13-24/h1-7,9-14,16-17,19,27,29H,8,15,18,20-21H2. The number of benzene rings is 3. The van der Waals surface area contributed by atoms with Crippen molar-refractivity contribution in [3.8, 4) is 0 Å². The number of carbonyl (C=O) groups excluding carboxylic acids is 2. The summed E-state index contributed by atoms with van der Waals surface area (Å²) >= 11 is 0. The number of ether oxygens (including phenoxy) is 1. The molecule has 1 unspecified atom stereocenters. The SMILES string of the molecule is O=C(C=Cc1cccc([N+](=O)[O-])c1)CC(=O)OC1CCCN(C(c2ccccc2)c2ccccc2)C1. The summed E-state index contributed by atoms with van der Waals surface area (Å²) in [6, 6.07) is 26.5. The molecule has 1 fully saturated rings. The van der Waals surface area contributed by atoms with Crippen LogP contribution in [-0.4, -0.2) is 40.8 Å². The minimum atomic E-state index is -0.563. The Labute approximate surface area is 210 Å². The summed E-state index contributed by atoms with van der Waals surface area (Å²) in [5.74, 6) is -0.975. The van der Waals surface area contributed by atoms with Crippen LogP contribution in [0.1, 0.15) is 42.0 Å². The summed E-state index contributed by atoms with van der Waals surface area (Å²) in [6.07, 6.45) is 3.69. The second-order valence-electron chi connectivity index (χ2n) is 8.80. The van der Waals surface area contributed by atoms with Gasteiger partial charge < -0.3 is 4.74 Å². The normalized spacial score (nSPS) is 16.2. The summed E-state index contributed by atoms with van der Waals surface area (Å²) in [5, 5.41) is 10.9. The maximum Gasteiger partial charge on any atom is 0.313 e. The van der Waals surface area contributed by atoms with Crippen LogP contribution in [0.2, 0.25) is 0 Å². The molecule has 184 valence electrons. The number of esters is 1. The van der Waals surface area contributed by atoms with E-state index in [-0.39, 0.29) is 24.3 Å². The number of carbonyl (C=O) groups is 2. The molecule has 3 aromatic carbocycles. The average Bonchev–Trinajstić information content (AvgIpc) is 2.89. The molecule has 1 atom stereocenters. The Hall–Kier alpha value is -4.10. The Bertz CT molecular complexity index is 1190. The molecule has 4 rings (SSSR count). The summed E-state index contributed by atoms with van der Waals surface area (Å²) in [6.45, 7) is 1.46. The van der Waals surface area contributed by atoms with E-state index >= 15 is 0 Å². The van der Waals surface area contributed by atoms with Crippen LogP contribution in [0.25, 0.3) is 6.08 Å². The van der Waals surface area contributed by atoms with Crippen molar-refractivity contribution < 1.29 is 19.2 Å². The van der Waals surface area contributed by atoms with Gasteiger partial charge in [-0.25, -0.2) is 0 Å². The second-order valence-corrected chi connectivity index (χ2v) is 8.80. The molecule has 7 heteroatoms. The third-order valence-corrected chi connectivity index (χ3v) is 6.16. The number of rotatable bonds is 9. The van der Waals surface area contributed by atoms with E-state index in [9.17, 15) is 19.7 Å². The van der Waals surface area contributed by atoms with Crippen LogP contribution >= 0.6 is 0 Å². The molecular weight excluding hydrogens is 456 g/mol. The lowest BCUT2D eigenvalue weighted by Crippen LogP contribution is -2.43. The summed E-state index contributed by atoms with van der Waals surface area (Å²) in [7, 11) is 0. The van der Waals surface area contributed by atoms with E-state index in [1.807, 2.05) is 36.4 Å². The zero-order chi connectivity index (χ0) is 25.3. The van der Waals surface area contributed by atoms with Crippen LogP contribution in [0.5, 0.6) is 0 Å². The van der Waals surface area contributed by atoms with Gasteiger partial charge in [0, 0.05) is 18.7 Å². The first-order valence-electron chi connectivity index (χ1n) is 12.0. The first-order chi connectivity index (χ1) is 17.5. The summed E-state index contributed by atoms with van der Waals surface area (Å²) in [5.41, 5.74) is 2.81. The van der Waals surface area contributed by atoms with Crippen LogP contribution in [0.15, 0.2) is 91.0 Å². The zero-order valence-corrected chi connectivity index (χ0v) is 19.9. The first kappa shape index (κ1) is 25.0. The number of piperidine rings is 1. The molecule has 1 heterocycles. The molecular formula is C29H28N2O5. The minimum Gasteiger partial charge on any atom is -0.461 e. The fourth-order valence-corrected chi connectivity index (χ4v) is 4.54. The van der Waals surface area contributed by atoms with E-state index in [0.717, 1.165) is 19.4 Å². The van der Waals surface area contributed by atoms with Crippen molar-refractivity contribution in [2.45, 2.75) is 31.4 Å². The predicted octanol–water partition coefficient (Wildman–Crippen LogP) is 5.36. The van der Waals surface area contributed by atoms with Gasteiger partial charge >= 0.3 is 5.97 Å². The van der Waals surface area contributed by atoms with E-state index in [1.54, 1.807) is 12.1 Å². The highest BCUT2D eigenvalue weighted by Crippen LogP contribution is 2.31. The smallest absolute Gasteiger partial charge is 0.313 e. The minimum absolute atomic E-state index is 0.0494. The number of hydrogen-bond donors (Lipinski definition) is 0. The molecule has 0 aromatic heterocycles. The molecule has 1 aliphatic heterocycles. The monoisotopic (exact) mass is 484 g/mol. The van der Waals surface area contributed by atoms with Crippen molar-refractivity contribution >= 4 is 23.5 Å². The molecule has 0 amide bonds. The van der Waals surface area contributed by atoms with Crippen molar-refractivity contribution in [2.75, 3.05) is 13.1 Å². The number of likely N-dealkylation sites (tertiary alicyclic amines) is 1.